The molecule has 1 aromatic rings. The van der Waals surface area contributed by atoms with Gasteiger partial charge in [-0.1, -0.05) is 46.1 Å². The zero-order valence-electron chi connectivity index (χ0n) is 21.3. The molecule has 2 amide bonds. The molecule has 4 rings (SSSR count). The Morgan fingerprint density at radius 2 is 1.71 bits per heavy atom. The molecule has 0 aromatic heterocycles. The number of imide groups is 1. The fourth-order valence-corrected chi connectivity index (χ4v) is 6.55. The molecule has 4 N–H and O–H groups in total. The van der Waals surface area contributed by atoms with Crippen LogP contribution in [0.4, 0.5) is 11.4 Å². The van der Waals surface area contributed by atoms with Crippen molar-refractivity contribution >= 4 is 23.2 Å². The van der Waals surface area contributed by atoms with E-state index in [9.17, 15) is 9.59 Å². The summed E-state index contributed by atoms with van der Waals surface area (Å²) in [7, 11) is 0. The molecule has 34 heavy (non-hydrogen) atoms. The van der Waals surface area contributed by atoms with E-state index < -0.39 is 0 Å². The van der Waals surface area contributed by atoms with E-state index in [1.54, 1.807) is 0 Å². The van der Waals surface area contributed by atoms with Gasteiger partial charge in [-0.2, -0.15) is 0 Å². The summed E-state index contributed by atoms with van der Waals surface area (Å²) < 4.78 is 0. The second kappa shape index (κ2) is 10.7. The highest BCUT2D eigenvalue weighted by Crippen LogP contribution is 2.65. The number of hydrogen-bond donors (Lipinski definition) is 4. The molecule has 1 aliphatic heterocycles. The molecule has 2 bridgehead atoms. The number of benzene rings is 1. The molecule has 188 valence electrons. The maximum Gasteiger partial charge on any atom is 0.249 e. The average Bonchev–Trinajstić information content (AvgIpc) is 3.14. The normalized spacial score (nSPS) is 29.8. The minimum atomic E-state index is -0.347. The predicted octanol–water partition coefficient (Wildman–Crippen LogP) is 5.07. The molecular formula is C28H44N4O2. The number of carbonyl (C=O) groups is 2. The van der Waals surface area contributed by atoms with Crippen molar-refractivity contribution in [3.05, 3.63) is 24.3 Å². The molecular weight excluding hydrogens is 424 g/mol. The van der Waals surface area contributed by atoms with E-state index in [0.717, 1.165) is 36.8 Å². The van der Waals surface area contributed by atoms with E-state index >= 15 is 0 Å². The number of amides is 2. The van der Waals surface area contributed by atoms with Crippen molar-refractivity contribution in [3.63, 3.8) is 0 Å². The molecule has 3 aliphatic rings. The Hall–Kier alpha value is -2.08. The molecule has 0 spiro atoms. The lowest BCUT2D eigenvalue weighted by Gasteiger charge is -2.39. The van der Waals surface area contributed by atoms with Crippen molar-refractivity contribution in [3.8, 4) is 0 Å². The van der Waals surface area contributed by atoms with Gasteiger partial charge in [0, 0.05) is 30.4 Å². The smallest absolute Gasteiger partial charge is 0.249 e. The van der Waals surface area contributed by atoms with E-state index in [2.05, 4.69) is 48.1 Å². The number of fused-ring (bicyclic) bond motifs is 2. The zero-order chi connectivity index (χ0) is 24.2. The lowest BCUT2D eigenvalue weighted by Crippen LogP contribution is -2.47. The Balaban J connectivity index is 1.06. The minimum Gasteiger partial charge on any atom is -0.385 e. The van der Waals surface area contributed by atoms with Gasteiger partial charge >= 0.3 is 0 Å². The summed E-state index contributed by atoms with van der Waals surface area (Å²) in [6, 6.07) is 8.40. The summed E-state index contributed by atoms with van der Waals surface area (Å²) >= 11 is 0. The molecule has 2 aliphatic carbocycles. The van der Waals surface area contributed by atoms with Crippen LogP contribution in [0.25, 0.3) is 0 Å². The Labute approximate surface area is 205 Å². The lowest BCUT2D eigenvalue weighted by atomic mass is 9.69. The second-order valence-electron chi connectivity index (χ2n) is 11.5. The van der Waals surface area contributed by atoms with E-state index in [0.29, 0.717) is 29.7 Å². The molecule has 1 aromatic carbocycles. The monoisotopic (exact) mass is 468 g/mol. The highest BCUT2D eigenvalue weighted by atomic mass is 16.2. The zero-order valence-corrected chi connectivity index (χ0v) is 21.3. The summed E-state index contributed by atoms with van der Waals surface area (Å²) in [5.74, 6) is 0.489. The van der Waals surface area contributed by atoms with E-state index in [1.807, 2.05) is 18.2 Å². The molecule has 6 nitrogen and oxygen atoms in total. The molecule has 1 unspecified atom stereocenters. The van der Waals surface area contributed by atoms with Crippen LogP contribution in [-0.4, -0.2) is 37.0 Å². The van der Waals surface area contributed by atoms with E-state index in [-0.39, 0.29) is 17.9 Å². The van der Waals surface area contributed by atoms with Crippen LogP contribution in [0.3, 0.4) is 0 Å². The van der Waals surface area contributed by atoms with E-state index in [4.69, 9.17) is 0 Å². The fourth-order valence-electron chi connectivity index (χ4n) is 6.55. The maximum atomic E-state index is 12.0. The summed E-state index contributed by atoms with van der Waals surface area (Å²) in [5, 5.41) is 13.1. The van der Waals surface area contributed by atoms with Crippen molar-refractivity contribution in [1.82, 2.24) is 10.6 Å². The first-order valence-corrected chi connectivity index (χ1v) is 13.5. The Morgan fingerprint density at radius 3 is 2.41 bits per heavy atom. The number of unbranched alkanes of at least 4 members (excludes halogenated alkanes) is 4. The Morgan fingerprint density at radius 1 is 0.971 bits per heavy atom. The third kappa shape index (κ3) is 5.42. The first-order chi connectivity index (χ1) is 16.3. The van der Waals surface area contributed by atoms with Crippen LogP contribution >= 0.6 is 0 Å². The van der Waals surface area contributed by atoms with Crippen LogP contribution in [0.5, 0.6) is 0 Å². The van der Waals surface area contributed by atoms with Gasteiger partial charge in [0.05, 0.1) is 0 Å². The summed E-state index contributed by atoms with van der Waals surface area (Å²) in [4.78, 5) is 23.3. The predicted molar refractivity (Wildman–Crippen MR) is 139 cm³/mol. The molecule has 4 atom stereocenters. The van der Waals surface area contributed by atoms with Crippen LogP contribution in [-0.2, 0) is 9.59 Å². The molecule has 1 heterocycles. The number of hydrogen-bond acceptors (Lipinski definition) is 5. The Kier molecular flexibility index (Phi) is 7.86. The first-order valence-electron chi connectivity index (χ1n) is 13.5. The average molecular weight is 469 g/mol. The van der Waals surface area contributed by atoms with Crippen molar-refractivity contribution in [2.24, 2.45) is 16.7 Å². The summed E-state index contributed by atoms with van der Waals surface area (Å²) in [6.45, 7) is 9.62. The quantitative estimate of drug-likeness (QED) is 0.254. The van der Waals surface area contributed by atoms with Gasteiger partial charge < -0.3 is 16.0 Å². The highest BCUT2D eigenvalue weighted by Gasteiger charge is 2.60. The van der Waals surface area contributed by atoms with Crippen LogP contribution in [0, 0.1) is 16.7 Å². The summed E-state index contributed by atoms with van der Waals surface area (Å²) in [6.07, 6.45) is 11.4. The fraction of sp³-hybridized carbons (Fsp3) is 0.714. The number of anilines is 2. The molecule has 3 fully saturated rings. The topological polar surface area (TPSA) is 82.3 Å². The van der Waals surface area contributed by atoms with Crippen molar-refractivity contribution < 1.29 is 9.59 Å². The minimum absolute atomic E-state index is 0.186. The van der Waals surface area contributed by atoms with Crippen LogP contribution < -0.4 is 21.3 Å². The van der Waals surface area contributed by atoms with Crippen LogP contribution in [0.2, 0.25) is 0 Å². The second-order valence-corrected chi connectivity index (χ2v) is 11.5. The first kappa shape index (κ1) is 25.0. The van der Waals surface area contributed by atoms with Gasteiger partial charge in [0.15, 0.2) is 0 Å². The van der Waals surface area contributed by atoms with Crippen molar-refractivity contribution in [1.29, 1.82) is 0 Å². The van der Waals surface area contributed by atoms with Gasteiger partial charge in [0.25, 0.3) is 0 Å². The SMILES string of the molecule is CC1(C)[C@@H]2CC[C@@]1(C)[C@@H](NCCCCCCCNc1cccc(NC3CCC(=O)NC3=O)c1)C2. The summed E-state index contributed by atoms with van der Waals surface area (Å²) in [5.41, 5.74) is 2.94. The third-order valence-corrected chi connectivity index (χ3v) is 9.31. The largest absolute Gasteiger partial charge is 0.385 e. The molecule has 0 radical (unpaired) electrons. The van der Waals surface area contributed by atoms with Gasteiger partial charge in [0.1, 0.15) is 6.04 Å². The Bertz CT molecular complexity index is 870. The number of piperidine rings is 1. The van der Waals surface area contributed by atoms with Gasteiger partial charge in [-0.3, -0.25) is 14.9 Å². The van der Waals surface area contributed by atoms with Gasteiger partial charge in [-0.25, -0.2) is 0 Å². The van der Waals surface area contributed by atoms with Gasteiger partial charge in [-0.05, 0) is 80.0 Å². The van der Waals surface area contributed by atoms with Gasteiger partial charge in [0.2, 0.25) is 11.8 Å². The van der Waals surface area contributed by atoms with Crippen LogP contribution in [0.15, 0.2) is 24.3 Å². The molecule has 2 saturated carbocycles. The molecule has 1 saturated heterocycles. The number of carbonyl (C=O) groups excluding carboxylic acids is 2. The number of nitrogens with one attached hydrogen (secondary N) is 4. The van der Waals surface area contributed by atoms with E-state index in [1.165, 1.54) is 44.9 Å². The lowest BCUT2D eigenvalue weighted by molar-refractivity contribution is -0.133. The van der Waals surface area contributed by atoms with Crippen molar-refractivity contribution in [2.45, 2.75) is 97.1 Å². The van der Waals surface area contributed by atoms with Crippen LogP contribution in [0.1, 0.15) is 85.0 Å². The van der Waals surface area contributed by atoms with Crippen molar-refractivity contribution in [2.75, 3.05) is 23.7 Å². The molecule has 6 heteroatoms. The maximum absolute atomic E-state index is 12.0. The standard InChI is InChI=1S/C28H44N4O2/c1-27(2)20-14-15-28(27,3)24(18-20)30-17-8-6-4-5-7-16-29-21-10-9-11-22(19-21)31-23-12-13-25(33)32-26(23)34/h9-11,19-20,23-24,29-31H,4-8,12-18H2,1-3H3,(H,32,33,34)/t20-,23?,24+,28+/m1/s1. The highest BCUT2D eigenvalue weighted by molar-refractivity contribution is 6.01. The van der Waals surface area contributed by atoms with Gasteiger partial charge in [-0.15, -0.1) is 0 Å². The number of rotatable bonds is 12. The third-order valence-electron chi connectivity index (χ3n) is 9.31.